The third kappa shape index (κ3) is 7.88. The fraction of sp³-hybridized carbons (Fsp3) is 0.455. The highest BCUT2D eigenvalue weighted by molar-refractivity contribution is 14.0. The Balaban J connectivity index is 0.00000341. The van der Waals surface area contributed by atoms with Crippen LogP contribution in [0.1, 0.15) is 30.1 Å². The Kier molecular flexibility index (Phi) is 10.9. The van der Waals surface area contributed by atoms with E-state index in [1.165, 1.54) is 5.00 Å². The molecular weight excluding hydrogens is 525 g/mol. The number of ether oxygens (including phenoxy) is 1. The van der Waals surface area contributed by atoms with E-state index in [0.717, 1.165) is 44.2 Å². The summed E-state index contributed by atoms with van der Waals surface area (Å²) >= 11 is 1.80. The average molecular weight is 558 g/mol. The minimum Gasteiger partial charge on any atom is -0.497 e. The molecule has 0 aliphatic carbocycles. The summed E-state index contributed by atoms with van der Waals surface area (Å²) in [4.78, 5) is 19.3. The molecule has 7 nitrogen and oxygen atoms in total. The van der Waals surface area contributed by atoms with Gasteiger partial charge in [0.15, 0.2) is 5.96 Å². The number of anilines is 1. The maximum absolute atomic E-state index is 12.2. The fourth-order valence-corrected chi connectivity index (χ4v) is 4.17. The standard InChI is InChI=1S/C22H31N5O2S.HI/c1-3-23-22(26-18-10-14-27(15-11-18)20-5-4-16-30-20)25-13-12-24-21(28)17-6-8-19(29-2)9-7-17;/h4-9,16,18H,3,10-15H2,1-2H3,(H,24,28)(H2,23,25,26);1H. The molecule has 170 valence electrons. The first-order valence-electron chi connectivity index (χ1n) is 10.4. The van der Waals surface area contributed by atoms with Crippen molar-refractivity contribution in [2.45, 2.75) is 25.8 Å². The third-order valence-corrected chi connectivity index (χ3v) is 5.95. The number of guanidine groups is 1. The summed E-state index contributed by atoms with van der Waals surface area (Å²) in [5, 5.41) is 13.2. The van der Waals surface area contributed by atoms with Crippen molar-refractivity contribution in [3.8, 4) is 5.75 Å². The van der Waals surface area contributed by atoms with Crippen LogP contribution in [0.2, 0.25) is 0 Å². The highest BCUT2D eigenvalue weighted by Crippen LogP contribution is 2.24. The summed E-state index contributed by atoms with van der Waals surface area (Å²) < 4.78 is 5.12. The molecule has 0 atom stereocenters. The van der Waals surface area contributed by atoms with Gasteiger partial charge in [0, 0.05) is 37.8 Å². The fourth-order valence-electron chi connectivity index (χ4n) is 3.39. The summed E-state index contributed by atoms with van der Waals surface area (Å²) in [7, 11) is 1.61. The van der Waals surface area contributed by atoms with Crippen LogP contribution in [0.5, 0.6) is 5.75 Å². The van der Waals surface area contributed by atoms with Crippen LogP contribution in [0.25, 0.3) is 0 Å². The van der Waals surface area contributed by atoms with Gasteiger partial charge < -0.3 is 25.6 Å². The van der Waals surface area contributed by atoms with Gasteiger partial charge in [-0.05, 0) is 61.5 Å². The lowest BCUT2D eigenvalue weighted by Gasteiger charge is -2.33. The number of halogens is 1. The molecule has 3 rings (SSSR count). The molecule has 1 amide bonds. The predicted octanol–water partition coefficient (Wildman–Crippen LogP) is 3.33. The molecule has 2 aromatic rings. The lowest BCUT2D eigenvalue weighted by Crippen LogP contribution is -2.48. The Morgan fingerprint density at radius 3 is 2.55 bits per heavy atom. The first-order valence-corrected chi connectivity index (χ1v) is 11.3. The summed E-state index contributed by atoms with van der Waals surface area (Å²) in [5.74, 6) is 1.44. The zero-order chi connectivity index (χ0) is 21.2. The number of aliphatic imine (C=N–C) groups is 1. The Morgan fingerprint density at radius 2 is 1.94 bits per heavy atom. The van der Waals surface area contributed by atoms with Gasteiger partial charge in [0.25, 0.3) is 5.91 Å². The first-order chi connectivity index (χ1) is 14.7. The van der Waals surface area contributed by atoms with Gasteiger partial charge in [-0.25, -0.2) is 0 Å². The van der Waals surface area contributed by atoms with Crippen LogP contribution < -0.4 is 25.6 Å². The number of nitrogens with zero attached hydrogens (tertiary/aromatic N) is 2. The van der Waals surface area contributed by atoms with Gasteiger partial charge in [-0.3, -0.25) is 9.79 Å². The summed E-state index contributed by atoms with van der Waals surface area (Å²) in [6, 6.07) is 11.8. The van der Waals surface area contributed by atoms with Crippen LogP contribution in [-0.4, -0.2) is 57.7 Å². The van der Waals surface area contributed by atoms with E-state index in [1.54, 1.807) is 42.7 Å². The van der Waals surface area contributed by atoms with Gasteiger partial charge in [-0.1, -0.05) is 0 Å². The topological polar surface area (TPSA) is 78.0 Å². The number of carbonyl (C=O) groups excluding carboxylic acids is 1. The van der Waals surface area contributed by atoms with Gasteiger partial charge >= 0.3 is 0 Å². The van der Waals surface area contributed by atoms with E-state index < -0.39 is 0 Å². The Hall–Kier alpha value is -2.01. The molecule has 31 heavy (non-hydrogen) atoms. The molecule has 0 spiro atoms. The zero-order valence-electron chi connectivity index (χ0n) is 18.1. The Bertz CT molecular complexity index is 806. The first kappa shape index (κ1) is 25.3. The second kappa shape index (κ2) is 13.4. The molecule has 1 aromatic carbocycles. The molecule has 9 heteroatoms. The van der Waals surface area contributed by atoms with Crippen LogP contribution in [0.4, 0.5) is 5.00 Å². The maximum Gasteiger partial charge on any atom is 0.251 e. The van der Waals surface area contributed by atoms with E-state index in [0.29, 0.717) is 24.7 Å². The van der Waals surface area contributed by atoms with Gasteiger partial charge in [0.05, 0.1) is 18.7 Å². The van der Waals surface area contributed by atoms with Crippen molar-refractivity contribution in [3.63, 3.8) is 0 Å². The number of rotatable bonds is 8. The number of benzene rings is 1. The monoisotopic (exact) mass is 557 g/mol. The molecule has 1 aliphatic heterocycles. The quantitative estimate of drug-likeness (QED) is 0.201. The minimum atomic E-state index is -0.105. The molecular formula is C22H32IN5O2S. The molecule has 0 radical (unpaired) electrons. The lowest BCUT2D eigenvalue weighted by molar-refractivity contribution is 0.0954. The van der Waals surface area contributed by atoms with E-state index in [4.69, 9.17) is 4.74 Å². The second-order valence-electron chi connectivity index (χ2n) is 7.10. The summed E-state index contributed by atoms with van der Waals surface area (Å²) in [6.07, 6.45) is 2.16. The second-order valence-corrected chi connectivity index (χ2v) is 8.03. The van der Waals surface area contributed by atoms with Crippen molar-refractivity contribution >= 4 is 52.2 Å². The third-order valence-electron chi connectivity index (χ3n) is 5.02. The van der Waals surface area contributed by atoms with Crippen molar-refractivity contribution in [2.24, 2.45) is 4.99 Å². The number of hydrogen-bond donors (Lipinski definition) is 3. The van der Waals surface area contributed by atoms with Crippen molar-refractivity contribution in [3.05, 3.63) is 47.3 Å². The van der Waals surface area contributed by atoms with Gasteiger partial charge in [0.1, 0.15) is 5.75 Å². The molecule has 1 fully saturated rings. The summed E-state index contributed by atoms with van der Waals surface area (Å²) in [5.41, 5.74) is 0.613. The molecule has 0 bridgehead atoms. The smallest absolute Gasteiger partial charge is 0.251 e. The number of methoxy groups -OCH3 is 1. The lowest BCUT2D eigenvalue weighted by atomic mass is 10.1. The van der Waals surface area contributed by atoms with Crippen LogP contribution in [0.3, 0.4) is 0 Å². The molecule has 1 aromatic heterocycles. The van der Waals surface area contributed by atoms with Crippen LogP contribution in [-0.2, 0) is 0 Å². The molecule has 3 N–H and O–H groups in total. The van der Waals surface area contributed by atoms with Crippen molar-refractivity contribution in [2.75, 3.05) is 44.7 Å². The molecule has 0 unspecified atom stereocenters. The SMILES string of the molecule is CCNC(=NCCNC(=O)c1ccc(OC)cc1)NC1CCN(c2cccs2)CC1.I. The molecule has 1 saturated heterocycles. The summed E-state index contributed by atoms with van der Waals surface area (Å²) in [6.45, 7) is 5.97. The van der Waals surface area contributed by atoms with Crippen LogP contribution in [0, 0.1) is 0 Å². The number of amides is 1. The highest BCUT2D eigenvalue weighted by Gasteiger charge is 2.20. The molecule has 1 aliphatic rings. The van der Waals surface area contributed by atoms with Gasteiger partial charge in [0.2, 0.25) is 0 Å². The highest BCUT2D eigenvalue weighted by atomic mass is 127. The average Bonchev–Trinajstić information content (AvgIpc) is 3.32. The Morgan fingerprint density at radius 1 is 1.19 bits per heavy atom. The molecule has 2 heterocycles. The molecule has 0 saturated carbocycles. The van der Waals surface area contributed by atoms with Crippen molar-refractivity contribution in [1.82, 2.24) is 16.0 Å². The Labute approximate surface area is 205 Å². The van der Waals surface area contributed by atoms with Crippen LogP contribution in [0.15, 0.2) is 46.8 Å². The van der Waals surface area contributed by atoms with Gasteiger partial charge in [-0.2, -0.15) is 0 Å². The van der Waals surface area contributed by atoms with Gasteiger partial charge in [-0.15, -0.1) is 35.3 Å². The zero-order valence-corrected chi connectivity index (χ0v) is 21.2. The number of carbonyl (C=O) groups is 1. The van der Waals surface area contributed by atoms with E-state index in [9.17, 15) is 4.79 Å². The van der Waals surface area contributed by atoms with E-state index in [-0.39, 0.29) is 29.9 Å². The van der Waals surface area contributed by atoms with Crippen molar-refractivity contribution < 1.29 is 9.53 Å². The van der Waals surface area contributed by atoms with E-state index >= 15 is 0 Å². The predicted molar refractivity (Wildman–Crippen MR) is 139 cm³/mol. The van der Waals surface area contributed by atoms with Crippen molar-refractivity contribution in [1.29, 1.82) is 0 Å². The largest absolute Gasteiger partial charge is 0.497 e. The number of hydrogen-bond acceptors (Lipinski definition) is 5. The number of thiophene rings is 1. The minimum absolute atomic E-state index is 0. The normalized spacial score (nSPS) is 14.5. The van der Waals surface area contributed by atoms with E-state index in [1.807, 2.05) is 0 Å². The van der Waals surface area contributed by atoms with Crippen LogP contribution >= 0.6 is 35.3 Å². The maximum atomic E-state index is 12.2. The number of nitrogens with one attached hydrogen (secondary N) is 3. The number of piperidine rings is 1. The van der Waals surface area contributed by atoms with E-state index in [2.05, 4.69) is 50.3 Å².